The first kappa shape index (κ1) is 13.3. The third kappa shape index (κ3) is 2.83. The van der Waals surface area contributed by atoms with Crippen LogP contribution in [-0.4, -0.2) is 60.3 Å². The number of hydrogen-bond acceptors (Lipinski definition) is 3. The van der Waals surface area contributed by atoms with Crippen LogP contribution in [-0.2, 0) is 0 Å². The monoisotopic (exact) mass is 240 g/mol. The molecule has 1 unspecified atom stereocenters. The van der Waals surface area contributed by atoms with Crippen LogP contribution in [0.5, 0.6) is 0 Å². The highest BCUT2D eigenvalue weighted by atomic mass is 16.3. The van der Waals surface area contributed by atoms with Gasteiger partial charge in [0.15, 0.2) is 0 Å². The number of likely N-dealkylation sites (tertiary alicyclic amines) is 1. The summed E-state index contributed by atoms with van der Waals surface area (Å²) >= 11 is 0. The first-order valence-electron chi connectivity index (χ1n) is 7.20. The van der Waals surface area contributed by atoms with Crippen LogP contribution in [0.15, 0.2) is 0 Å². The second-order valence-electron chi connectivity index (χ2n) is 6.14. The van der Waals surface area contributed by atoms with Crippen molar-refractivity contribution in [1.82, 2.24) is 9.80 Å². The van der Waals surface area contributed by atoms with Crippen molar-refractivity contribution in [3.05, 3.63) is 0 Å². The standard InChI is InChI=1S/C14H28N2O/c1-15(2)14(12-17)9-10-16(11-14)13-7-5-3-4-6-8-13/h13,17H,3-12H2,1-2H3. The summed E-state index contributed by atoms with van der Waals surface area (Å²) in [5.41, 5.74) is 0.0201. The van der Waals surface area contributed by atoms with Crippen LogP contribution in [0.3, 0.4) is 0 Å². The zero-order valence-electron chi connectivity index (χ0n) is 11.5. The lowest BCUT2D eigenvalue weighted by Crippen LogP contribution is -2.50. The van der Waals surface area contributed by atoms with Crippen LogP contribution in [0.25, 0.3) is 0 Å². The molecule has 1 N–H and O–H groups in total. The summed E-state index contributed by atoms with van der Waals surface area (Å²) in [5.74, 6) is 0. The quantitative estimate of drug-likeness (QED) is 0.761. The van der Waals surface area contributed by atoms with E-state index in [0.29, 0.717) is 6.61 Å². The lowest BCUT2D eigenvalue weighted by Gasteiger charge is -2.36. The van der Waals surface area contributed by atoms with E-state index in [0.717, 1.165) is 19.0 Å². The van der Waals surface area contributed by atoms with Crippen LogP contribution in [0.1, 0.15) is 44.9 Å². The Bertz CT molecular complexity index is 236. The van der Waals surface area contributed by atoms with Gasteiger partial charge in [-0.05, 0) is 33.4 Å². The fourth-order valence-corrected chi connectivity index (χ4v) is 3.46. The predicted octanol–water partition coefficient (Wildman–Crippen LogP) is 1.71. The number of rotatable bonds is 3. The van der Waals surface area contributed by atoms with Crippen molar-refractivity contribution in [2.45, 2.75) is 56.5 Å². The van der Waals surface area contributed by atoms with Crippen molar-refractivity contribution in [1.29, 1.82) is 0 Å². The molecule has 1 saturated heterocycles. The molecule has 0 bridgehead atoms. The van der Waals surface area contributed by atoms with E-state index in [1.54, 1.807) is 0 Å². The molecule has 0 amide bonds. The molecule has 1 atom stereocenters. The average molecular weight is 240 g/mol. The lowest BCUT2D eigenvalue weighted by atomic mass is 9.98. The average Bonchev–Trinajstić information content (AvgIpc) is 2.59. The molecular weight excluding hydrogens is 212 g/mol. The molecule has 1 heterocycles. The second kappa shape index (κ2) is 5.68. The second-order valence-corrected chi connectivity index (χ2v) is 6.14. The first-order chi connectivity index (χ1) is 8.18. The van der Waals surface area contributed by atoms with Crippen LogP contribution in [0.4, 0.5) is 0 Å². The molecule has 0 spiro atoms. The minimum Gasteiger partial charge on any atom is -0.394 e. The summed E-state index contributed by atoms with van der Waals surface area (Å²) in [4.78, 5) is 4.87. The van der Waals surface area contributed by atoms with Crippen molar-refractivity contribution in [2.24, 2.45) is 0 Å². The largest absolute Gasteiger partial charge is 0.394 e. The van der Waals surface area contributed by atoms with E-state index < -0.39 is 0 Å². The smallest absolute Gasteiger partial charge is 0.0628 e. The molecule has 0 aromatic heterocycles. The number of hydrogen-bond donors (Lipinski definition) is 1. The topological polar surface area (TPSA) is 26.7 Å². The molecular formula is C14H28N2O. The maximum atomic E-state index is 9.69. The van der Waals surface area contributed by atoms with Crippen molar-refractivity contribution in [3.63, 3.8) is 0 Å². The van der Waals surface area contributed by atoms with Gasteiger partial charge in [0.1, 0.15) is 0 Å². The van der Waals surface area contributed by atoms with Gasteiger partial charge in [-0.2, -0.15) is 0 Å². The van der Waals surface area contributed by atoms with Gasteiger partial charge < -0.3 is 10.0 Å². The van der Waals surface area contributed by atoms with Crippen molar-refractivity contribution in [2.75, 3.05) is 33.8 Å². The molecule has 2 aliphatic rings. The summed E-state index contributed by atoms with van der Waals surface area (Å²) in [5, 5.41) is 9.69. The van der Waals surface area contributed by atoms with E-state index in [-0.39, 0.29) is 5.54 Å². The van der Waals surface area contributed by atoms with Gasteiger partial charge in [0.05, 0.1) is 12.1 Å². The Morgan fingerprint density at radius 2 is 1.82 bits per heavy atom. The van der Waals surface area contributed by atoms with Crippen LogP contribution in [0.2, 0.25) is 0 Å². The summed E-state index contributed by atoms with van der Waals surface area (Å²) in [7, 11) is 4.21. The highest BCUT2D eigenvalue weighted by Gasteiger charge is 2.41. The Kier molecular flexibility index (Phi) is 4.45. The Balaban J connectivity index is 1.95. The number of nitrogens with zero attached hydrogens (tertiary/aromatic N) is 2. The van der Waals surface area contributed by atoms with E-state index >= 15 is 0 Å². The molecule has 0 radical (unpaired) electrons. The maximum absolute atomic E-state index is 9.69. The summed E-state index contributed by atoms with van der Waals surface area (Å²) in [6.07, 6.45) is 9.49. The van der Waals surface area contributed by atoms with Gasteiger partial charge in [0, 0.05) is 19.1 Å². The number of aliphatic hydroxyl groups is 1. The molecule has 0 aromatic rings. The molecule has 3 nitrogen and oxygen atoms in total. The molecule has 17 heavy (non-hydrogen) atoms. The van der Waals surface area contributed by atoms with Gasteiger partial charge in [-0.15, -0.1) is 0 Å². The number of aliphatic hydroxyl groups excluding tert-OH is 1. The fraction of sp³-hybridized carbons (Fsp3) is 1.00. The summed E-state index contributed by atoms with van der Waals surface area (Å²) in [6, 6.07) is 0.783. The molecule has 3 heteroatoms. The van der Waals surface area contributed by atoms with E-state index in [4.69, 9.17) is 0 Å². The minimum atomic E-state index is 0.0201. The van der Waals surface area contributed by atoms with Gasteiger partial charge >= 0.3 is 0 Å². The Morgan fingerprint density at radius 1 is 1.18 bits per heavy atom. The number of likely N-dealkylation sites (N-methyl/N-ethyl adjacent to an activating group) is 1. The molecule has 2 rings (SSSR count). The first-order valence-corrected chi connectivity index (χ1v) is 7.20. The molecule has 2 fully saturated rings. The van der Waals surface area contributed by atoms with Gasteiger partial charge in [-0.25, -0.2) is 0 Å². The fourth-order valence-electron chi connectivity index (χ4n) is 3.46. The van der Waals surface area contributed by atoms with Crippen LogP contribution in [0, 0.1) is 0 Å². The molecule has 1 aliphatic heterocycles. The molecule has 1 saturated carbocycles. The van der Waals surface area contributed by atoms with Gasteiger partial charge in [-0.1, -0.05) is 25.7 Å². The van der Waals surface area contributed by atoms with E-state index in [1.165, 1.54) is 45.1 Å². The highest BCUT2D eigenvalue weighted by Crippen LogP contribution is 2.31. The van der Waals surface area contributed by atoms with Crippen LogP contribution >= 0.6 is 0 Å². The molecule has 100 valence electrons. The predicted molar refractivity (Wildman–Crippen MR) is 71.2 cm³/mol. The van der Waals surface area contributed by atoms with E-state index in [9.17, 15) is 5.11 Å². The Hall–Kier alpha value is -0.120. The summed E-state index contributed by atoms with van der Waals surface area (Å²) < 4.78 is 0. The third-order valence-electron chi connectivity index (χ3n) is 4.95. The van der Waals surface area contributed by atoms with Crippen LogP contribution < -0.4 is 0 Å². The van der Waals surface area contributed by atoms with Crippen molar-refractivity contribution >= 4 is 0 Å². The van der Waals surface area contributed by atoms with Crippen molar-refractivity contribution < 1.29 is 5.11 Å². The SMILES string of the molecule is CN(C)C1(CO)CCN(C2CCCCCC2)C1. The minimum absolute atomic E-state index is 0.0201. The van der Waals surface area contributed by atoms with Crippen molar-refractivity contribution in [3.8, 4) is 0 Å². The Labute approximate surface area is 106 Å². The normalized spacial score (nSPS) is 33.2. The highest BCUT2D eigenvalue weighted by molar-refractivity contribution is 4.98. The van der Waals surface area contributed by atoms with E-state index in [2.05, 4.69) is 23.9 Å². The maximum Gasteiger partial charge on any atom is 0.0628 e. The third-order valence-corrected chi connectivity index (χ3v) is 4.95. The molecule has 0 aromatic carbocycles. The lowest BCUT2D eigenvalue weighted by molar-refractivity contribution is 0.0674. The zero-order chi connectivity index (χ0) is 12.3. The van der Waals surface area contributed by atoms with Gasteiger partial charge in [0.2, 0.25) is 0 Å². The zero-order valence-corrected chi connectivity index (χ0v) is 11.5. The summed E-state index contributed by atoms with van der Waals surface area (Å²) in [6.45, 7) is 2.52. The van der Waals surface area contributed by atoms with Gasteiger partial charge in [0.25, 0.3) is 0 Å². The van der Waals surface area contributed by atoms with Gasteiger partial charge in [-0.3, -0.25) is 4.90 Å². The Morgan fingerprint density at radius 3 is 2.29 bits per heavy atom. The van der Waals surface area contributed by atoms with E-state index in [1.807, 2.05) is 0 Å². The molecule has 1 aliphatic carbocycles.